The molecule has 1 saturated heterocycles. The van der Waals surface area contributed by atoms with Gasteiger partial charge in [-0.05, 0) is 59.9 Å². The number of aliphatic imine (C=N–C) groups is 1. The summed E-state index contributed by atoms with van der Waals surface area (Å²) in [4.78, 5) is 32.6. The summed E-state index contributed by atoms with van der Waals surface area (Å²) in [5.41, 5.74) is 3.77. The minimum Gasteiger partial charge on any atom is -0.326 e. The molecule has 1 atom stereocenters. The van der Waals surface area contributed by atoms with E-state index in [1.165, 1.54) is 11.8 Å². The van der Waals surface area contributed by atoms with Gasteiger partial charge >= 0.3 is 0 Å². The Balaban J connectivity index is 1.52. The lowest BCUT2D eigenvalue weighted by atomic mass is 10.1. The highest BCUT2D eigenvalue weighted by atomic mass is 32.2. The molecule has 1 aliphatic heterocycles. The van der Waals surface area contributed by atoms with E-state index in [-0.39, 0.29) is 18.2 Å². The molecule has 1 unspecified atom stereocenters. The molecule has 1 aliphatic rings. The van der Waals surface area contributed by atoms with E-state index in [4.69, 9.17) is 4.99 Å². The van der Waals surface area contributed by atoms with Crippen molar-refractivity contribution in [2.45, 2.75) is 39.4 Å². The Kier molecular flexibility index (Phi) is 6.84. The van der Waals surface area contributed by atoms with Crippen LogP contribution < -0.4 is 5.32 Å². The summed E-state index contributed by atoms with van der Waals surface area (Å²) in [6, 6.07) is 20.0. The summed E-state index contributed by atoms with van der Waals surface area (Å²) in [6.07, 6.45) is 0.108. The van der Waals surface area contributed by atoms with Gasteiger partial charge < -0.3 is 5.32 Å². The number of aryl methyl sites for hydroxylation is 2. The highest BCUT2D eigenvalue weighted by Crippen LogP contribution is 2.33. The number of carbonyl (C=O) groups is 2. The number of anilines is 1. The van der Waals surface area contributed by atoms with Gasteiger partial charge in [-0.15, -0.1) is 0 Å². The van der Waals surface area contributed by atoms with Gasteiger partial charge in [0, 0.05) is 18.7 Å². The first kappa shape index (κ1) is 23.1. The number of hydrogen-bond acceptors (Lipinski definition) is 4. The molecule has 3 aromatic carbocycles. The SMILES string of the molecule is Cc1ccc(C)c(N=C2SC(CC(=O)Nc3ccc4ccccc4c3)C(=O)N2CC(C)C)c1. The number of nitrogens with one attached hydrogen (secondary N) is 1. The van der Waals surface area contributed by atoms with E-state index in [0.717, 1.165) is 33.3 Å². The third-order valence-corrected chi connectivity index (χ3v) is 6.73. The highest BCUT2D eigenvalue weighted by Gasteiger charge is 2.39. The number of benzene rings is 3. The third-order valence-electron chi connectivity index (χ3n) is 5.55. The highest BCUT2D eigenvalue weighted by molar-refractivity contribution is 8.15. The third kappa shape index (κ3) is 5.45. The zero-order valence-electron chi connectivity index (χ0n) is 19.5. The number of rotatable bonds is 6. The quantitative estimate of drug-likeness (QED) is 0.486. The molecule has 5 nitrogen and oxygen atoms in total. The molecule has 0 aliphatic carbocycles. The smallest absolute Gasteiger partial charge is 0.242 e. The Bertz CT molecular complexity index is 1240. The van der Waals surface area contributed by atoms with Crippen LogP contribution in [0.4, 0.5) is 11.4 Å². The summed E-state index contributed by atoms with van der Waals surface area (Å²) in [6.45, 7) is 8.78. The van der Waals surface area contributed by atoms with Gasteiger partial charge in [0.15, 0.2) is 5.17 Å². The molecule has 1 heterocycles. The Morgan fingerprint density at radius 3 is 2.58 bits per heavy atom. The van der Waals surface area contributed by atoms with E-state index < -0.39 is 5.25 Å². The first-order valence-electron chi connectivity index (χ1n) is 11.2. The van der Waals surface area contributed by atoms with Crippen molar-refractivity contribution >= 4 is 50.9 Å². The molecule has 33 heavy (non-hydrogen) atoms. The maximum Gasteiger partial charge on any atom is 0.242 e. The van der Waals surface area contributed by atoms with Gasteiger partial charge in [-0.25, -0.2) is 4.99 Å². The van der Waals surface area contributed by atoms with Crippen LogP contribution in [0.25, 0.3) is 10.8 Å². The second kappa shape index (κ2) is 9.79. The molecule has 0 aromatic heterocycles. The fraction of sp³-hybridized carbons (Fsp3) is 0.296. The van der Waals surface area contributed by atoms with Crippen molar-refractivity contribution < 1.29 is 9.59 Å². The van der Waals surface area contributed by atoms with Gasteiger partial charge in [0.25, 0.3) is 0 Å². The maximum atomic E-state index is 13.2. The topological polar surface area (TPSA) is 61.8 Å². The average molecular weight is 460 g/mol. The van der Waals surface area contributed by atoms with Crippen molar-refractivity contribution in [3.05, 3.63) is 71.8 Å². The van der Waals surface area contributed by atoms with Crippen molar-refractivity contribution in [3.63, 3.8) is 0 Å². The van der Waals surface area contributed by atoms with E-state index in [1.807, 2.05) is 68.4 Å². The molecule has 3 aromatic rings. The monoisotopic (exact) mass is 459 g/mol. The Hall–Kier alpha value is -3.12. The van der Waals surface area contributed by atoms with Gasteiger partial charge in [0.1, 0.15) is 5.25 Å². The molecule has 1 N–H and O–H groups in total. The molecular formula is C27H29N3O2S. The fourth-order valence-corrected chi connectivity index (χ4v) is 5.01. The molecule has 4 rings (SSSR count). The van der Waals surface area contributed by atoms with Crippen LogP contribution in [-0.2, 0) is 9.59 Å². The van der Waals surface area contributed by atoms with Crippen LogP contribution in [0.3, 0.4) is 0 Å². The van der Waals surface area contributed by atoms with Crippen molar-refractivity contribution in [1.82, 2.24) is 4.90 Å². The minimum absolute atomic E-state index is 0.0496. The summed E-state index contributed by atoms with van der Waals surface area (Å²) in [5.74, 6) is 0.0727. The molecule has 0 radical (unpaired) electrons. The largest absolute Gasteiger partial charge is 0.326 e. The van der Waals surface area contributed by atoms with Crippen molar-refractivity contribution in [2.24, 2.45) is 10.9 Å². The van der Waals surface area contributed by atoms with E-state index >= 15 is 0 Å². The van der Waals surface area contributed by atoms with Gasteiger partial charge in [-0.2, -0.15) is 0 Å². The number of carbonyl (C=O) groups excluding carboxylic acids is 2. The summed E-state index contributed by atoms with van der Waals surface area (Å²) < 4.78 is 0. The van der Waals surface area contributed by atoms with Crippen LogP contribution in [-0.4, -0.2) is 33.7 Å². The molecule has 0 spiro atoms. The van der Waals surface area contributed by atoms with Crippen LogP contribution in [0, 0.1) is 19.8 Å². The lowest BCUT2D eigenvalue weighted by Gasteiger charge is -2.19. The average Bonchev–Trinajstić information content (AvgIpc) is 3.04. The molecule has 0 bridgehead atoms. The van der Waals surface area contributed by atoms with Gasteiger partial charge in [-0.1, -0.05) is 68.1 Å². The number of nitrogens with zero attached hydrogens (tertiary/aromatic N) is 2. The molecule has 1 fully saturated rings. The number of thioether (sulfide) groups is 1. The Morgan fingerprint density at radius 2 is 1.82 bits per heavy atom. The standard InChI is InChI=1S/C27H29N3O2S/c1-17(2)16-30-26(32)24(33-27(30)29-23-13-18(3)9-10-19(23)4)15-25(31)28-22-12-11-20-7-5-6-8-21(20)14-22/h5-14,17,24H,15-16H2,1-4H3,(H,28,31). The van der Waals surface area contributed by atoms with Gasteiger partial charge in [0.05, 0.1) is 5.69 Å². The zero-order valence-corrected chi connectivity index (χ0v) is 20.3. The zero-order chi connectivity index (χ0) is 23.5. The maximum absolute atomic E-state index is 13.2. The second-order valence-electron chi connectivity index (χ2n) is 8.95. The normalized spacial score (nSPS) is 17.4. The fourth-order valence-electron chi connectivity index (χ4n) is 3.85. The summed E-state index contributed by atoms with van der Waals surface area (Å²) in [5, 5.41) is 5.33. The molecule has 0 saturated carbocycles. The number of amides is 2. The predicted octanol–water partition coefficient (Wildman–Crippen LogP) is 6.07. The number of hydrogen-bond donors (Lipinski definition) is 1. The first-order valence-corrected chi connectivity index (χ1v) is 12.1. The summed E-state index contributed by atoms with van der Waals surface area (Å²) in [7, 11) is 0. The van der Waals surface area contributed by atoms with Crippen molar-refractivity contribution in [1.29, 1.82) is 0 Å². The predicted molar refractivity (Wildman–Crippen MR) is 138 cm³/mol. The van der Waals surface area contributed by atoms with Crippen LogP contribution in [0.5, 0.6) is 0 Å². The number of fused-ring (bicyclic) bond motifs is 1. The second-order valence-corrected chi connectivity index (χ2v) is 10.1. The van der Waals surface area contributed by atoms with Crippen LogP contribution in [0.15, 0.2) is 65.7 Å². The summed E-state index contributed by atoms with van der Waals surface area (Å²) >= 11 is 1.39. The lowest BCUT2D eigenvalue weighted by Crippen LogP contribution is -2.36. The molecule has 6 heteroatoms. The number of amidine groups is 1. The van der Waals surface area contributed by atoms with Crippen LogP contribution >= 0.6 is 11.8 Å². The Labute approximate surface area is 199 Å². The Morgan fingerprint density at radius 1 is 1.06 bits per heavy atom. The van der Waals surface area contributed by atoms with Crippen LogP contribution in [0.2, 0.25) is 0 Å². The van der Waals surface area contributed by atoms with E-state index in [1.54, 1.807) is 4.90 Å². The molecule has 170 valence electrons. The van der Waals surface area contributed by atoms with Gasteiger partial charge in [0.2, 0.25) is 11.8 Å². The lowest BCUT2D eigenvalue weighted by molar-refractivity contribution is -0.128. The van der Waals surface area contributed by atoms with Crippen molar-refractivity contribution in [3.8, 4) is 0 Å². The molecule has 2 amide bonds. The minimum atomic E-state index is -0.479. The van der Waals surface area contributed by atoms with Gasteiger partial charge in [-0.3, -0.25) is 14.5 Å². The molecular weight excluding hydrogens is 430 g/mol. The van der Waals surface area contributed by atoms with E-state index in [0.29, 0.717) is 17.6 Å². The van der Waals surface area contributed by atoms with E-state index in [9.17, 15) is 9.59 Å². The first-order chi connectivity index (χ1) is 15.8. The van der Waals surface area contributed by atoms with E-state index in [2.05, 4.69) is 25.2 Å². The van der Waals surface area contributed by atoms with Crippen molar-refractivity contribution in [2.75, 3.05) is 11.9 Å². The van der Waals surface area contributed by atoms with Crippen LogP contribution in [0.1, 0.15) is 31.4 Å².